The largest absolute Gasteiger partial charge is 0.462 e. The van der Waals surface area contributed by atoms with E-state index < -0.39 is 12.0 Å². The maximum absolute atomic E-state index is 14.5. The molecule has 3 heterocycles. The average molecular weight is 627 g/mol. The number of fused-ring (bicyclic) bond motifs is 2. The molecule has 1 aromatic heterocycles. The Kier molecular flexibility index (Phi) is 8.15. The van der Waals surface area contributed by atoms with E-state index in [-0.39, 0.29) is 35.6 Å². The number of amides is 1. The summed E-state index contributed by atoms with van der Waals surface area (Å²) in [7, 11) is 1.87. The first-order valence-electron chi connectivity index (χ1n) is 14.2. The van der Waals surface area contributed by atoms with Crippen LogP contribution in [-0.2, 0) is 4.79 Å². The Morgan fingerprint density at radius 3 is 2.67 bits per heavy atom. The van der Waals surface area contributed by atoms with Crippen LogP contribution in [0.2, 0.25) is 10.0 Å². The number of rotatable bonds is 6. The fourth-order valence-electron chi connectivity index (χ4n) is 6.11. The van der Waals surface area contributed by atoms with Crippen LogP contribution in [-0.4, -0.2) is 83.8 Å². The molecule has 1 amide bonds. The minimum Gasteiger partial charge on any atom is -0.462 e. The number of nitrogens with zero attached hydrogens (tertiary/aromatic N) is 5. The monoisotopic (exact) mass is 625 g/mol. The second-order valence-electron chi connectivity index (χ2n) is 11.2. The van der Waals surface area contributed by atoms with Crippen LogP contribution in [0.5, 0.6) is 6.01 Å². The summed E-state index contributed by atoms with van der Waals surface area (Å²) >= 11 is 13.4. The standard InChI is InChI=1S/C32H31Cl2F2N5O2/c1-4-28(42)40-10-11-41(18(2)15-40)31-24-13-25(33)23(22-7-5-6-19-8-9-26(36)30(34)29(19)22)14-27(24)37-32(38-31)43-17-21-12-20(35)16-39(21)3/h4-9,13-14,18,20-21H,1,10-12,15-17H2,2-3H3/t18-,20+,21-/m0/s1. The van der Waals surface area contributed by atoms with E-state index in [1.54, 1.807) is 11.0 Å². The molecule has 0 aliphatic carbocycles. The van der Waals surface area contributed by atoms with Gasteiger partial charge in [-0.3, -0.25) is 9.69 Å². The first-order valence-corrected chi connectivity index (χ1v) is 14.9. The van der Waals surface area contributed by atoms with Crippen molar-refractivity contribution < 1.29 is 18.3 Å². The number of hydrogen-bond acceptors (Lipinski definition) is 6. The van der Waals surface area contributed by atoms with Crippen molar-refractivity contribution in [3.05, 3.63) is 71.0 Å². The summed E-state index contributed by atoms with van der Waals surface area (Å²) in [6.07, 6.45) is 0.804. The fourth-order valence-corrected chi connectivity index (χ4v) is 6.65. The third kappa shape index (κ3) is 5.61. The van der Waals surface area contributed by atoms with E-state index in [0.29, 0.717) is 70.9 Å². The third-order valence-corrected chi connectivity index (χ3v) is 9.08. The Bertz CT molecular complexity index is 1740. The number of hydrogen-bond donors (Lipinski definition) is 0. The zero-order chi connectivity index (χ0) is 30.4. The number of likely N-dealkylation sites (tertiary alicyclic amines) is 1. The molecule has 2 aliphatic heterocycles. The topological polar surface area (TPSA) is 61.8 Å². The van der Waals surface area contributed by atoms with E-state index >= 15 is 0 Å². The average Bonchev–Trinajstić information content (AvgIpc) is 3.33. The summed E-state index contributed by atoms with van der Waals surface area (Å²) in [5, 5.41) is 2.48. The highest BCUT2D eigenvalue weighted by atomic mass is 35.5. The van der Waals surface area contributed by atoms with Gasteiger partial charge in [0.2, 0.25) is 5.91 Å². The van der Waals surface area contributed by atoms with E-state index in [4.69, 9.17) is 37.9 Å². The normalized spacial score (nSPS) is 21.1. The molecule has 0 unspecified atom stereocenters. The molecule has 11 heteroatoms. The molecule has 0 bridgehead atoms. The molecular formula is C32H31Cl2F2N5O2. The summed E-state index contributed by atoms with van der Waals surface area (Å²) in [4.78, 5) is 27.7. The van der Waals surface area contributed by atoms with E-state index in [1.807, 2.05) is 49.2 Å². The van der Waals surface area contributed by atoms with Crippen molar-refractivity contribution in [3.8, 4) is 17.1 Å². The number of anilines is 1. The maximum atomic E-state index is 14.5. The predicted octanol–water partition coefficient (Wildman–Crippen LogP) is 6.54. The number of ether oxygens (including phenoxy) is 1. The van der Waals surface area contributed by atoms with Crippen LogP contribution >= 0.6 is 23.2 Å². The van der Waals surface area contributed by atoms with Crippen molar-refractivity contribution in [1.29, 1.82) is 0 Å². The molecule has 2 fully saturated rings. The lowest BCUT2D eigenvalue weighted by atomic mass is 9.97. The maximum Gasteiger partial charge on any atom is 0.319 e. The zero-order valence-corrected chi connectivity index (χ0v) is 25.4. The van der Waals surface area contributed by atoms with Crippen molar-refractivity contribution >= 4 is 56.6 Å². The van der Waals surface area contributed by atoms with E-state index in [2.05, 4.69) is 11.5 Å². The Labute approximate surface area is 258 Å². The van der Waals surface area contributed by atoms with Crippen LogP contribution in [0.25, 0.3) is 32.8 Å². The van der Waals surface area contributed by atoms with Crippen molar-refractivity contribution in [1.82, 2.24) is 19.8 Å². The Morgan fingerprint density at radius 1 is 1.14 bits per heavy atom. The second-order valence-corrected chi connectivity index (χ2v) is 12.0. The number of likely N-dealkylation sites (N-methyl/N-ethyl adjacent to an activating group) is 1. The summed E-state index contributed by atoms with van der Waals surface area (Å²) in [6.45, 7) is 7.74. The van der Waals surface area contributed by atoms with Crippen LogP contribution in [0.1, 0.15) is 13.3 Å². The number of alkyl halides is 1. The first kappa shape index (κ1) is 29.5. The van der Waals surface area contributed by atoms with Gasteiger partial charge in [0, 0.05) is 59.6 Å². The van der Waals surface area contributed by atoms with Gasteiger partial charge in [-0.15, -0.1) is 0 Å². The highest BCUT2D eigenvalue weighted by Crippen LogP contribution is 2.41. The van der Waals surface area contributed by atoms with Crippen molar-refractivity contribution in [2.45, 2.75) is 31.6 Å². The molecule has 0 saturated carbocycles. The van der Waals surface area contributed by atoms with Gasteiger partial charge in [0.15, 0.2) is 0 Å². The molecule has 0 radical (unpaired) electrons. The van der Waals surface area contributed by atoms with Gasteiger partial charge >= 0.3 is 6.01 Å². The van der Waals surface area contributed by atoms with Gasteiger partial charge < -0.3 is 14.5 Å². The SMILES string of the molecule is C=CC(=O)N1CCN(c2nc(OC[C@@H]3C[C@@H](F)CN3C)nc3cc(-c4cccc5ccc(F)c(Cl)c45)c(Cl)cc23)[C@@H](C)C1. The first-order chi connectivity index (χ1) is 20.6. The Balaban J connectivity index is 1.46. The number of carbonyl (C=O) groups is 1. The Morgan fingerprint density at radius 2 is 1.95 bits per heavy atom. The lowest BCUT2D eigenvalue weighted by Crippen LogP contribution is -2.53. The van der Waals surface area contributed by atoms with Crippen LogP contribution in [0.15, 0.2) is 55.1 Å². The summed E-state index contributed by atoms with van der Waals surface area (Å²) < 4.78 is 34.7. The van der Waals surface area contributed by atoms with Gasteiger partial charge in [0.25, 0.3) is 0 Å². The van der Waals surface area contributed by atoms with E-state index in [1.165, 1.54) is 12.1 Å². The minimum absolute atomic E-state index is 0.0179. The molecular weight excluding hydrogens is 595 g/mol. The van der Waals surface area contributed by atoms with Crippen molar-refractivity contribution in [2.75, 3.05) is 44.7 Å². The molecule has 0 N–H and O–H groups in total. The fraction of sp³-hybridized carbons (Fsp3) is 0.344. The number of halogens is 4. The molecule has 3 atom stereocenters. The van der Waals surface area contributed by atoms with Gasteiger partial charge in [0.05, 0.1) is 10.5 Å². The summed E-state index contributed by atoms with van der Waals surface area (Å²) in [5.41, 5.74) is 1.88. The van der Waals surface area contributed by atoms with Crippen LogP contribution < -0.4 is 9.64 Å². The lowest BCUT2D eigenvalue weighted by Gasteiger charge is -2.40. The zero-order valence-electron chi connectivity index (χ0n) is 23.9. The van der Waals surface area contributed by atoms with Gasteiger partial charge in [-0.2, -0.15) is 9.97 Å². The molecule has 43 heavy (non-hydrogen) atoms. The quantitative estimate of drug-likeness (QED) is 0.227. The highest BCUT2D eigenvalue weighted by molar-refractivity contribution is 6.38. The lowest BCUT2D eigenvalue weighted by molar-refractivity contribution is -0.126. The summed E-state index contributed by atoms with van der Waals surface area (Å²) in [6, 6.07) is 12.2. The van der Waals surface area contributed by atoms with Gasteiger partial charge in [0.1, 0.15) is 24.4 Å². The molecule has 7 nitrogen and oxygen atoms in total. The molecule has 6 rings (SSSR count). The van der Waals surface area contributed by atoms with Crippen LogP contribution in [0.4, 0.5) is 14.6 Å². The molecule has 3 aromatic carbocycles. The smallest absolute Gasteiger partial charge is 0.319 e. The summed E-state index contributed by atoms with van der Waals surface area (Å²) in [5.74, 6) is -0.0149. The Hall–Kier alpha value is -3.53. The van der Waals surface area contributed by atoms with Crippen LogP contribution in [0.3, 0.4) is 0 Å². The number of benzene rings is 3. The van der Waals surface area contributed by atoms with Gasteiger partial charge in [-0.25, -0.2) is 8.78 Å². The highest BCUT2D eigenvalue weighted by Gasteiger charge is 2.31. The molecule has 4 aromatic rings. The van der Waals surface area contributed by atoms with E-state index in [9.17, 15) is 13.6 Å². The molecule has 0 spiro atoms. The number of carbonyl (C=O) groups excluding carboxylic acids is 1. The number of piperazine rings is 1. The van der Waals surface area contributed by atoms with Gasteiger partial charge in [-0.1, -0.05) is 54.0 Å². The molecule has 2 saturated heterocycles. The van der Waals surface area contributed by atoms with Crippen molar-refractivity contribution in [2.24, 2.45) is 0 Å². The minimum atomic E-state index is -0.899. The second kappa shape index (κ2) is 11.9. The van der Waals surface area contributed by atoms with Gasteiger partial charge in [-0.05, 0) is 55.6 Å². The van der Waals surface area contributed by atoms with Crippen molar-refractivity contribution in [3.63, 3.8) is 0 Å². The molecule has 2 aliphatic rings. The molecule has 224 valence electrons. The number of aromatic nitrogens is 2. The van der Waals surface area contributed by atoms with Crippen LogP contribution in [0, 0.1) is 5.82 Å². The third-order valence-electron chi connectivity index (χ3n) is 8.40. The van der Waals surface area contributed by atoms with E-state index in [0.717, 1.165) is 5.39 Å². The predicted molar refractivity (Wildman–Crippen MR) is 167 cm³/mol.